The third kappa shape index (κ3) is 4.86. The van der Waals surface area contributed by atoms with Crippen LogP contribution in [0.25, 0.3) is 0 Å². The zero-order chi connectivity index (χ0) is 22.7. The van der Waals surface area contributed by atoms with Gasteiger partial charge in [0.25, 0.3) is 0 Å². The third-order valence-electron chi connectivity index (χ3n) is 5.32. The summed E-state index contributed by atoms with van der Waals surface area (Å²) < 4.78 is 7.73. The fourth-order valence-electron chi connectivity index (χ4n) is 3.69. The highest BCUT2D eigenvalue weighted by molar-refractivity contribution is 6.30. The van der Waals surface area contributed by atoms with Gasteiger partial charge in [-0.1, -0.05) is 41.9 Å². The summed E-state index contributed by atoms with van der Waals surface area (Å²) in [7, 11) is 0. The Kier molecular flexibility index (Phi) is 6.32. The Labute approximate surface area is 190 Å². The highest BCUT2D eigenvalue weighted by Crippen LogP contribution is 2.27. The Hall–Kier alpha value is -3.52. The molecule has 0 aliphatic carbocycles. The van der Waals surface area contributed by atoms with Gasteiger partial charge < -0.3 is 15.2 Å². The number of aryl methyl sites for hydroxylation is 1. The van der Waals surface area contributed by atoms with Crippen molar-refractivity contribution in [1.29, 1.82) is 0 Å². The number of rotatable bonds is 7. The first-order valence-corrected chi connectivity index (χ1v) is 10.6. The van der Waals surface area contributed by atoms with Gasteiger partial charge in [0, 0.05) is 35.3 Å². The summed E-state index contributed by atoms with van der Waals surface area (Å²) in [5.41, 5.74) is 2.64. The van der Waals surface area contributed by atoms with Crippen LogP contribution < -0.4 is 15.0 Å². The number of amides is 2. The van der Waals surface area contributed by atoms with Crippen LogP contribution >= 0.6 is 11.6 Å². The predicted molar refractivity (Wildman–Crippen MR) is 120 cm³/mol. The van der Waals surface area contributed by atoms with Crippen molar-refractivity contribution in [2.24, 2.45) is 0 Å². The largest absolute Gasteiger partial charge is 0.489 e. The number of nitrogens with zero attached hydrogens (tertiary/aromatic N) is 3. The minimum Gasteiger partial charge on any atom is -0.489 e. The van der Waals surface area contributed by atoms with Crippen LogP contribution in [0, 0.1) is 6.92 Å². The number of benzene rings is 2. The standard InChI is InChI=1S/C23H23ClN4O4/c1-15-9-21(28(23(30)31)19-11-22(29)25-12-19)26-27(15)13-17-10-18(24)7-8-20(17)32-14-16-5-3-2-4-6-16/h2-10,19H,11-14H2,1H3,(H,25,29)(H,30,31)/t19-/m1/s1. The average molecular weight is 455 g/mol. The van der Waals surface area contributed by atoms with E-state index < -0.39 is 12.1 Å². The second-order valence-corrected chi connectivity index (χ2v) is 8.08. The fourth-order valence-corrected chi connectivity index (χ4v) is 3.89. The van der Waals surface area contributed by atoms with Gasteiger partial charge in [0.2, 0.25) is 5.91 Å². The zero-order valence-corrected chi connectivity index (χ0v) is 18.2. The maximum absolute atomic E-state index is 11.9. The van der Waals surface area contributed by atoms with Crippen LogP contribution in [0.2, 0.25) is 5.02 Å². The lowest BCUT2D eigenvalue weighted by Gasteiger charge is -2.22. The summed E-state index contributed by atoms with van der Waals surface area (Å²) >= 11 is 6.23. The molecule has 0 bridgehead atoms. The van der Waals surface area contributed by atoms with Gasteiger partial charge in [-0.3, -0.25) is 14.4 Å². The molecule has 1 atom stereocenters. The van der Waals surface area contributed by atoms with Crippen molar-refractivity contribution >= 4 is 29.4 Å². The Bertz CT molecular complexity index is 1130. The van der Waals surface area contributed by atoms with Gasteiger partial charge in [-0.15, -0.1) is 0 Å². The number of hydrogen-bond acceptors (Lipinski definition) is 4. The molecule has 9 heteroatoms. The molecule has 0 spiro atoms. The van der Waals surface area contributed by atoms with E-state index in [1.54, 1.807) is 16.8 Å². The molecule has 1 saturated heterocycles. The van der Waals surface area contributed by atoms with E-state index in [-0.39, 0.29) is 24.7 Å². The van der Waals surface area contributed by atoms with Gasteiger partial charge in [0.05, 0.1) is 12.6 Å². The smallest absolute Gasteiger partial charge is 0.413 e. The molecule has 1 fully saturated rings. The Morgan fingerprint density at radius 2 is 2.06 bits per heavy atom. The predicted octanol–water partition coefficient (Wildman–Crippen LogP) is 3.85. The quantitative estimate of drug-likeness (QED) is 0.565. The fraction of sp³-hybridized carbons (Fsp3) is 0.261. The van der Waals surface area contributed by atoms with Crippen LogP contribution in [0.15, 0.2) is 54.6 Å². The molecule has 0 radical (unpaired) electrons. The van der Waals surface area contributed by atoms with Crippen molar-refractivity contribution < 1.29 is 19.4 Å². The minimum absolute atomic E-state index is 0.115. The van der Waals surface area contributed by atoms with Crippen LogP contribution in [0.1, 0.15) is 23.2 Å². The number of carboxylic acid groups (broad SMARTS) is 1. The van der Waals surface area contributed by atoms with E-state index in [1.807, 2.05) is 49.4 Å². The van der Waals surface area contributed by atoms with E-state index in [4.69, 9.17) is 16.3 Å². The number of nitrogens with one attached hydrogen (secondary N) is 1. The third-order valence-corrected chi connectivity index (χ3v) is 5.56. The molecule has 2 N–H and O–H groups in total. The van der Waals surface area contributed by atoms with Crippen molar-refractivity contribution in [3.63, 3.8) is 0 Å². The summed E-state index contributed by atoms with van der Waals surface area (Å²) in [5, 5.41) is 17.5. The highest BCUT2D eigenvalue weighted by atomic mass is 35.5. The van der Waals surface area contributed by atoms with Crippen molar-refractivity contribution in [3.8, 4) is 5.75 Å². The second-order valence-electron chi connectivity index (χ2n) is 7.64. The normalized spacial score (nSPS) is 15.4. The summed E-state index contributed by atoms with van der Waals surface area (Å²) in [4.78, 5) is 24.6. The molecule has 2 aromatic carbocycles. The molecular formula is C23H23ClN4O4. The monoisotopic (exact) mass is 454 g/mol. The van der Waals surface area contributed by atoms with E-state index >= 15 is 0 Å². The van der Waals surface area contributed by atoms with Gasteiger partial charge in [0.1, 0.15) is 12.4 Å². The second kappa shape index (κ2) is 9.32. The van der Waals surface area contributed by atoms with Gasteiger partial charge in [0.15, 0.2) is 5.82 Å². The Morgan fingerprint density at radius 3 is 2.75 bits per heavy atom. The van der Waals surface area contributed by atoms with Crippen LogP contribution in [0.5, 0.6) is 5.75 Å². The molecule has 1 aliphatic heterocycles. The maximum atomic E-state index is 11.9. The summed E-state index contributed by atoms with van der Waals surface area (Å²) in [6.45, 7) is 2.88. The molecule has 166 valence electrons. The summed E-state index contributed by atoms with van der Waals surface area (Å²) in [6.07, 6.45) is -1.03. The van der Waals surface area contributed by atoms with Crippen LogP contribution in [-0.4, -0.2) is 39.5 Å². The minimum atomic E-state index is -1.15. The van der Waals surface area contributed by atoms with E-state index in [9.17, 15) is 14.7 Å². The van der Waals surface area contributed by atoms with Crippen LogP contribution in [-0.2, 0) is 17.9 Å². The van der Waals surface area contributed by atoms with Gasteiger partial charge in [-0.05, 0) is 30.7 Å². The van der Waals surface area contributed by atoms with Crippen molar-refractivity contribution in [2.45, 2.75) is 32.5 Å². The molecule has 0 saturated carbocycles. The molecule has 0 unspecified atom stereocenters. The number of halogens is 1. The Morgan fingerprint density at radius 1 is 1.28 bits per heavy atom. The number of hydrogen-bond donors (Lipinski definition) is 2. The number of carbonyl (C=O) groups excluding carboxylic acids is 1. The van der Waals surface area contributed by atoms with E-state index in [0.29, 0.717) is 23.9 Å². The lowest BCUT2D eigenvalue weighted by Crippen LogP contribution is -2.41. The summed E-state index contributed by atoms with van der Waals surface area (Å²) in [5.74, 6) is 0.789. The van der Waals surface area contributed by atoms with Crippen molar-refractivity contribution in [2.75, 3.05) is 11.4 Å². The average Bonchev–Trinajstić information content (AvgIpc) is 3.33. The lowest BCUT2D eigenvalue weighted by atomic mass is 10.2. The molecule has 3 aromatic rings. The van der Waals surface area contributed by atoms with Crippen LogP contribution in [0.3, 0.4) is 0 Å². The first-order valence-electron chi connectivity index (χ1n) is 10.2. The van der Waals surface area contributed by atoms with Gasteiger partial charge in [-0.2, -0.15) is 5.10 Å². The highest BCUT2D eigenvalue weighted by Gasteiger charge is 2.33. The van der Waals surface area contributed by atoms with Crippen LogP contribution in [0.4, 0.5) is 10.6 Å². The first kappa shape index (κ1) is 21.7. The number of anilines is 1. The molecule has 1 aliphatic rings. The molecule has 1 aromatic heterocycles. The van der Waals surface area contributed by atoms with Gasteiger partial charge in [-0.25, -0.2) is 4.79 Å². The van der Waals surface area contributed by atoms with Crippen molar-refractivity contribution in [3.05, 3.63) is 76.4 Å². The first-order chi connectivity index (χ1) is 15.4. The van der Waals surface area contributed by atoms with E-state index in [1.165, 1.54) is 0 Å². The van der Waals surface area contributed by atoms with E-state index in [2.05, 4.69) is 10.4 Å². The molecule has 2 heterocycles. The number of ether oxygens (including phenoxy) is 1. The zero-order valence-electron chi connectivity index (χ0n) is 17.5. The number of aromatic nitrogens is 2. The maximum Gasteiger partial charge on any atom is 0.413 e. The topological polar surface area (TPSA) is 96.7 Å². The van der Waals surface area contributed by atoms with Gasteiger partial charge >= 0.3 is 6.09 Å². The molecule has 32 heavy (non-hydrogen) atoms. The summed E-state index contributed by atoms with van der Waals surface area (Å²) in [6, 6.07) is 16.5. The molecular weight excluding hydrogens is 432 g/mol. The van der Waals surface area contributed by atoms with Crippen molar-refractivity contribution in [1.82, 2.24) is 15.1 Å². The molecule has 4 rings (SSSR count). The molecule has 2 amide bonds. The Balaban J connectivity index is 1.56. The number of carbonyl (C=O) groups is 2. The lowest BCUT2D eigenvalue weighted by molar-refractivity contribution is -0.119. The molecule has 8 nitrogen and oxygen atoms in total. The SMILES string of the molecule is Cc1cc(N(C(=O)O)[C@H]2CNC(=O)C2)nn1Cc1cc(Cl)ccc1OCc1ccccc1. The van der Waals surface area contributed by atoms with E-state index in [0.717, 1.165) is 21.7 Å².